The highest BCUT2D eigenvalue weighted by molar-refractivity contribution is 6.09. The number of para-hydroxylation sites is 1. The van der Waals surface area contributed by atoms with E-state index in [4.69, 9.17) is 0 Å². The first-order valence-corrected chi connectivity index (χ1v) is 7.08. The molecule has 0 saturated heterocycles. The molecule has 1 amide bonds. The summed E-state index contributed by atoms with van der Waals surface area (Å²) in [7, 11) is 0. The first kappa shape index (κ1) is 15.1. The van der Waals surface area contributed by atoms with Crippen LogP contribution in [0.5, 0.6) is 0 Å². The predicted octanol–water partition coefficient (Wildman–Crippen LogP) is 2.85. The number of aromatic amines is 1. The molecule has 2 rings (SSSR count). The van der Waals surface area contributed by atoms with Gasteiger partial charge in [-0.3, -0.25) is 4.79 Å². The van der Waals surface area contributed by atoms with Gasteiger partial charge < -0.3 is 15.4 Å². The predicted molar refractivity (Wildman–Crippen MR) is 81.5 cm³/mol. The van der Waals surface area contributed by atoms with E-state index >= 15 is 0 Å². The van der Waals surface area contributed by atoms with Crippen molar-refractivity contribution in [1.82, 2.24) is 10.3 Å². The second-order valence-corrected chi connectivity index (χ2v) is 5.22. The number of nitrogens with one attached hydrogen (secondary N) is 2. The lowest BCUT2D eigenvalue weighted by atomic mass is 9.92. The molecule has 0 atom stereocenters. The summed E-state index contributed by atoms with van der Waals surface area (Å²) < 4.78 is 0. The molecular formula is C16H20N2O3. The van der Waals surface area contributed by atoms with Crippen molar-refractivity contribution >= 4 is 22.8 Å². The number of carbonyl (C=O) groups excluding carboxylic acids is 1. The Morgan fingerprint density at radius 3 is 2.43 bits per heavy atom. The van der Waals surface area contributed by atoms with Gasteiger partial charge in [-0.05, 0) is 25.8 Å². The van der Waals surface area contributed by atoms with Gasteiger partial charge in [-0.25, -0.2) is 4.79 Å². The van der Waals surface area contributed by atoms with Crippen LogP contribution in [0.15, 0.2) is 24.3 Å². The van der Waals surface area contributed by atoms with Crippen LogP contribution in [-0.4, -0.2) is 27.5 Å². The smallest absolute Gasteiger partial charge is 0.329 e. The maximum Gasteiger partial charge on any atom is 0.329 e. The molecule has 5 nitrogen and oxygen atoms in total. The maximum atomic E-state index is 12.6. The Bertz CT molecular complexity index is 684. The average Bonchev–Trinajstić information content (AvgIpc) is 2.80. The molecule has 0 radical (unpaired) electrons. The molecule has 0 spiro atoms. The van der Waals surface area contributed by atoms with E-state index in [0.717, 1.165) is 16.6 Å². The molecule has 0 aliphatic heterocycles. The lowest BCUT2D eigenvalue weighted by Crippen LogP contribution is -2.53. The monoisotopic (exact) mass is 288 g/mol. The third-order valence-corrected chi connectivity index (χ3v) is 4.09. The van der Waals surface area contributed by atoms with Gasteiger partial charge in [-0.2, -0.15) is 0 Å². The third kappa shape index (κ3) is 2.51. The van der Waals surface area contributed by atoms with Crippen LogP contribution in [0, 0.1) is 6.92 Å². The van der Waals surface area contributed by atoms with Crippen LogP contribution in [0.4, 0.5) is 0 Å². The van der Waals surface area contributed by atoms with Crippen molar-refractivity contribution in [3.63, 3.8) is 0 Å². The molecule has 0 saturated carbocycles. The van der Waals surface area contributed by atoms with E-state index in [1.54, 1.807) is 13.8 Å². The minimum absolute atomic E-state index is 0.339. The SMILES string of the molecule is CCC(CC)(NC(=O)c1c(C)[nH]c2ccccc12)C(=O)O. The second kappa shape index (κ2) is 5.60. The zero-order valence-corrected chi connectivity index (χ0v) is 12.5. The van der Waals surface area contributed by atoms with Gasteiger partial charge in [0, 0.05) is 16.6 Å². The Hall–Kier alpha value is -2.30. The molecule has 0 aliphatic rings. The first-order valence-electron chi connectivity index (χ1n) is 7.08. The molecular weight excluding hydrogens is 268 g/mol. The summed E-state index contributed by atoms with van der Waals surface area (Å²) in [6.45, 7) is 5.34. The number of H-pyrrole nitrogens is 1. The minimum atomic E-state index is -1.22. The fourth-order valence-corrected chi connectivity index (χ4v) is 2.63. The number of carboxylic acids is 1. The number of carbonyl (C=O) groups is 2. The summed E-state index contributed by atoms with van der Waals surface area (Å²) >= 11 is 0. The highest BCUT2D eigenvalue weighted by Crippen LogP contribution is 2.24. The van der Waals surface area contributed by atoms with Gasteiger partial charge in [-0.1, -0.05) is 32.0 Å². The number of benzene rings is 1. The van der Waals surface area contributed by atoms with Gasteiger partial charge in [0.1, 0.15) is 5.54 Å². The Morgan fingerprint density at radius 2 is 1.86 bits per heavy atom. The van der Waals surface area contributed by atoms with Crippen LogP contribution in [-0.2, 0) is 4.79 Å². The quantitative estimate of drug-likeness (QED) is 0.791. The van der Waals surface area contributed by atoms with Crippen molar-refractivity contribution in [2.24, 2.45) is 0 Å². The zero-order valence-electron chi connectivity index (χ0n) is 12.5. The van der Waals surface area contributed by atoms with Crippen LogP contribution in [0.1, 0.15) is 42.7 Å². The average molecular weight is 288 g/mol. The highest BCUT2D eigenvalue weighted by atomic mass is 16.4. The summed E-state index contributed by atoms with van der Waals surface area (Å²) in [6, 6.07) is 7.49. The lowest BCUT2D eigenvalue weighted by molar-refractivity contribution is -0.144. The Balaban J connectivity index is 2.43. The molecule has 0 aliphatic carbocycles. The molecule has 0 unspecified atom stereocenters. The minimum Gasteiger partial charge on any atom is -0.480 e. The molecule has 5 heteroatoms. The van der Waals surface area contributed by atoms with Crippen molar-refractivity contribution in [2.45, 2.75) is 39.2 Å². The van der Waals surface area contributed by atoms with Gasteiger partial charge in [0.05, 0.1) is 5.56 Å². The number of aliphatic carboxylic acids is 1. The van der Waals surface area contributed by atoms with Crippen LogP contribution < -0.4 is 5.32 Å². The van der Waals surface area contributed by atoms with Crippen LogP contribution in [0.3, 0.4) is 0 Å². The van der Waals surface area contributed by atoms with Crippen LogP contribution >= 0.6 is 0 Å². The van der Waals surface area contributed by atoms with Crippen molar-refractivity contribution in [2.75, 3.05) is 0 Å². The largest absolute Gasteiger partial charge is 0.480 e. The normalized spacial score (nSPS) is 11.6. The number of aryl methyl sites for hydroxylation is 1. The maximum absolute atomic E-state index is 12.6. The van der Waals surface area contributed by atoms with Gasteiger partial charge >= 0.3 is 5.97 Å². The molecule has 0 bridgehead atoms. The Labute approximate surface area is 123 Å². The molecule has 1 aromatic heterocycles. The van der Waals surface area contributed by atoms with Crippen LogP contribution in [0.2, 0.25) is 0 Å². The number of carboxylic acid groups (broad SMARTS) is 1. The molecule has 2 aromatic rings. The van der Waals surface area contributed by atoms with E-state index in [1.165, 1.54) is 0 Å². The standard InChI is InChI=1S/C16H20N2O3/c1-4-16(5-2,15(20)21)18-14(19)13-10(3)17-12-9-7-6-8-11(12)13/h6-9,17H,4-5H2,1-3H3,(H,18,19)(H,20,21). The number of hydrogen-bond acceptors (Lipinski definition) is 2. The summed E-state index contributed by atoms with van der Waals surface area (Å²) in [5, 5.41) is 12.9. The molecule has 1 heterocycles. The van der Waals surface area contributed by atoms with E-state index in [0.29, 0.717) is 18.4 Å². The summed E-state index contributed by atoms with van der Waals surface area (Å²) in [4.78, 5) is 27.2. The number of fused-ring (bicyclic) bond motifs is 1. The Kier molecular flexibility index (Phi) is 4.02. The fraction of sp³-hybridized carbons (Fsp3) is 0.375. The number of amides is 1. The molecule has 0 fully saturated rings. The van der Waals surface area contributed by atoms with Crippen LogP contribution in [0.25, 0.3) is 10.9 Å². The first-order chi connectivity index (χ1) is 9.95. The van der Waals surface area contributed by atoms with Gasteiger partial charge in [-0.15, -0.1) is 0 Å². The summed E-state index contributed by atoms with van der Waals surface area (Å²) in [6.07, 6.45) is 0.679. The molecule has 3 N–H and O–H groups in total. The third-order valence-electron chi connectivity index (χ3n) is 4.09. The van der Waals surface area contributed by atoms with Gasteiger partial charge in [0.25, 0.3) is 5.91 Å². The van der Waals surface area contributed by atoms with E-state index in [1.807, 2.05) is 31.2 Å². The van der Waals surface area contributed by atoms with Crippen molar-refractivity contribution < 1.29 is 14.7 Å². The fourth-order valence-electron chi connectivity index (χ4n) is 2.63. The van der Waals surface area contributed by atoms with Crippen molar-refractivity contribution in [3.8, 4) is 0 Å². The van der Waals surface area contributed by atoms with E-state index in [2.05, 4.69) is 10.3 Å². The second-order valence-electron chi connectivity index (χ2n) is 5.22. The molecule has 21 heavy (non-hydrogen) atoms. The van der Waals surface area contributed by atoms with Gasteiger partial charge in [0.2, 0.25) is 0 Å². The summed E-state index contributed by atoms with van der Waals surface area (Å²) in [5.41, 5.74) is 0.898. The van der Waals surface area contributed by atoms with Crippen molar-refractivity contribution in [1.29, 1.82) is 0 Å². The topological polar surface area (TPSA) is 82.2 Å². The highest BCUT2D eigenvalue weighted by Gasteiger charge is 2.37. The lowest BCUT2D eigenvalue weighted by Gasteiger charge is -2.28. The number of aromatic nitrogens is 1. The number of hydrogen-bond donors (Lipinski definition) is 3. The van der Waals surface area contributed by atoms with Gasteiger partial charge in [0.15, 0.2) is 0 Å². The summed E-state index contributed by atoms with van der Waals surface area (Å²) in [5.74, 6) is -1.35. The number of rotatable bonds is 5. The molecule has 112 valence electrons. The van der Waals surface area contributed by atoms with E-state index in [9.17, 15) is 14.7 Å². The van der Waals surface area contributed by atoms with E-state index < -0.39 is 11.5 Å². The molecule has 1 aromatic carbocycles. The van der Waals surface area contributed by atoms with Crippen molar-refractivity contribution in [3.05, 3.63) is 35.5 Å². The zero-order chi connectivity index (χ0) is 15.6. The Morgan fingerprint density at radius 1 is 1.24 bits per heavy atom. The van der Waals surface area contributed by atoms with E-state index in [-0.39, 0.29) is 5.91 Å².